The van der Waals surface area contributed by atoms with Crippen molar-refractivity contribution < 1.29 is 9.53 Å². The number of carbonyl (C=O) groups excluding carboxylic acids is 1. The number of benzene rings is 1. The van der Waals surface area contributed by atoms with Gasteiger partial charge in [0.05, 0.1) is 13.0 Å². The molecule has 19 heavy (non-hydrogen) atoms. The van der Waals surface area contributed by atoms with E-state index in [9.17, 15) is 4.79 Å². The van der Waals surface area contributed by atoms with Gasteiger partial charge >= 0.3 is 5.97 Å². The predicted octanol–water partition coefficient (Wildman–Crippen LogP) is 1.94. The first-order chi connectivity index (χ1) is 9.11. The molecule has 0 radical (unpaired) electrons. The highest BCUT2D eigenvalue weighted by Gasteiger charge is 2.04. The number of rotatable bonds is 6. The van der Waals surface area contributed by atoms with Gasteiger partial charge in [-0.25, -0.2) is 0 Å². The molecule has 0 unspecified atom stereocenters. The van der Waals surface area contributed by atoms with Crippen LogP contribution >= 0.6 is 12.2 Å². The Morgan fingerprint density at radius 3 is 2.63 bits per heavy atom. The Labute approximate surface area is 118 Å². The van der Waals surface area contributed by atoms with E-state index in [1.807, 2.05) is 30.3 Å². The third-order valence-corrected chi connectivity index (χ3v) is 2.25. The standard InChI is InChI=1S/C13H17N3O2S/c1-3-18-12(17)9-10(2)15-16-13(19)14-11-7-5-4-6-8-11/h4-8,15H,2-3,9H2,1H3,(H2,14,16,19). The Morgan fingerprint density at radius 2 is 2.00 bits per heavy atom. The number of nitrogens with one attached hydrogen (secondary N) is 3. The summed E-state index contributed by atoms with van der Waals surface area (Å²) in [4.78, 5) is 11.2. The summed E-state index contributed by atoms with van der Waals surface area (Å²) in [5, 5.41) is 3.36. The van der Waals surface area contributed by atoms with Crippen molar-refractivity contribution in [3.63, 3.8) is 0 Å². The van der Waals surface area contributed by atoms with Crippen molar-refractivity contribution in [3.05, 3.63) is 42.6 Å². The predicted molar refractivity (Wildman–Crippen MR) is 79.3 cm³/mol. The van der Waals surface area contributed by atoms with E-state index >= 15 is 0 Å². The van der Waals surface area contributed by atoms with Gasteiger partial charge in [0, 0.05) is 11.4 Å². The maximum absolute atomic E-state index is 11.2. The molecule has 0 amide bonds. The van der Waals surface area contributed by atoms with Gasteiger partial charge in [0.1, 0.15) is 0 Å². The molecule has 0 saturated heterocycles. The normalized spacial score (nSPS) is 9.32. The quantitative estimate of drug-likeness (QED) is 0.420. The summed E-state index contributed by atoms with van der Waals surface area (Å²) in [6.45, 7) is 5.80. The molecule has 0 aliphatic rings. The van der Waals surface area contributed by atoms with Gasteiger partial charge in [0.2, 0.25) is 0 Å². The molecule has 102 valence electrons. The van der Waals surface area contributed by atoms with Crippen LogP contribution in [0.2, 0.25) is 0 Å². The fraction of sp³-hybridized carbons (Fsp3) is 0.231. The first-order valence-electron chi connectivity index (χ1n) is 5.83. The van der Waals surface area contributed by atoms with Crippen LogP contribution in [0.1, 0.15) is 13.3 Å². The number of hydrogen-bond acceptors (Lipinski definition) is 4. The van der Waals surface area contributed by atoms with Crippen molar-refractivity contribution in [1.29, 1.82) is 0 Å². The topological polar surface area (TPSA) is 62.4 Å². The van der Waals surface area contributed by atoms with Gasteiger partial charge in [0.15, 0.2) is 5.11 Å². The van der Waals surface area contributed by atoms with Gasteiger partial charge < -0.3 is 15.5 Å². The average molecular weight is 279 g/mol. The molecule has 1 rings (SSSR count). The van der Waals surface area contributed by atoms with Crippen molar-refractivity contribution in [3.8, 4) is 0 Å². The Kier molecular flexibility index (Phi) is 6.38. The number of carbonyl (C=O) groups is 1. The molecule has 0 spiro atoms. The minimum atomic E-state index is -0.330. The van der Waals surface area contributed by atoms with E-state index in [2.05, 4.69) is 22.7 Å². The molecule has 0 saturated carbocycles. The van der Waals surface area contributed by atoms with Crippen molar-refractivity contribution in [2.45, 2.75) is 13.3 Å². The first-order valence-corrected chi connectivity index (χ1v) is 6.24. The molecular weight excluding hydrogens is 262 g/mol. The van der Waals surface area contributed by atoms with Gasteiger partial charge in [-0.3, -0.25) is 10.2 Å². The smallest absolute Gasteiger partial charge is 0.311 e. The van der Waals surface area contributed by atoms with E-state index in [0.717, 1.165) is 5.69 Å². The third-order valence-electron chi connectivity index (χ3n) is 2.05. The zero-order valence-corrected chi connectivity index (χ0v) is 11.5. The highest BCUT2D eigenvalue weighted by atomic mass is 32.1. The van der Waals surface area contributed by atoms with Gasteiger partial charge in [-0.05, 0) is 31.3 Å². The van der Waals surface area contributed by atoms with Crippen LogP contribution in [-0.4, -0.2) is 17.7 Å². The zero-order valence-electron chi connectivity index (χ0n) is 10.7. The SMILES string of the molecule is C=C(CC(=O)OCC)NNC(=S)Nc1ccccc1. The fourth-order valence-corrected chi connectivity index (χ4v) is 1.43. The first kappa shape index (κ1) is 15.0. The summed E-state index contributed by atoms with van der Waals surface area (Å²) >= 11 is 5.08. The molecule has 6 heteroatoms. The van der Waals surface area contributed by atoms with Crippen LogP contribution in [-0.2, 0) is 9.53 Å². The lowest BCUT2D eigenvalue weighted by Gasteiger charge is -2.13. The molecule has 0 aromatic heterocycles. The maximum Gasteiger partial charge on any atom is 0.311 e. The Bertz CT molecular complexity index is 448. The van der Waals surface area contributed by atoms with Crippen LogP contribution in [0, 0.1) is 0 Å². The summed E-state index contributed by atoms with van der Waals surface area (Å²) in [6, 6.07) is 9.50. The van der Waals surface area contributed by atoms with Gasteiger partial charge in [-0.1, -0.05) is 24.8 Å². The number of anilines is 1. The molecule has 0 aliphatic carbocycles. The van der Waals surface area contributed by atoms with Crippen LogP contribution in [0.15, 0.2) is 42.6 Å². The molecule has 0 heterocycles. The second-order valence-corrected chi connectivity index (χ2v) is 4.06. The highest BCUT2D eigenvalue weighted by molar-refractivity contribution is 7.80. The number of hydrogen-bond donors (Lipinski definition) is 3. The Morgan fingerprint density at radius 1 is 1.32 bits per heavy atom. The van der Waals surface area contributed by atoms with Crippen molar-refractivity contribution in [2.75, 3.05) is 11.9 Å². The minimum absolute atomic E-state index is 0.0921. The number of hydrazine groups is 1. The van der Waals surface area contributed by atoms with E-state index in [-0.39, 0.29) is 12.4 Å². The van der Waals surface area contributed by atoms with Gasteiger partial charge in [0.25, 0.3) is 0 Å². The monoisotopic (exact) mass is 279 g/mol. The van der Waals surface area contributed by atoms with Gasteiger partial charge in [-0.15, -0.1) is 0 Å². The van der Waals surface area contributed by atoms with E-state index in [1.54, 1.807) is 6.92 Å². The van der Waals surface area contributed by atoms with Gasteiger partial charge in [-0.2, -0.15) is 0 Å². The molecule has 0 fully saturated rings. The summed E-state index contributed by atoms with van der Waals surface area (Å²) in [6.07, 6.45) is 0.0921. The molecule has 0 bridgehead atoms. The fourth-order valence-electron chi connectivity index (χ4n) is 1.26. The van der Waals surface area contributed by atoms with Crippen LogP contribution in [0.25, 0.3) is 0 Å². The van der Waals surface area contributed by atoms with Crippen molar-refractivity contribution in [2.24, 2.45) is 0 Å². The summed E-state index contributed by atoms with van der Waals surface area (Å²) < 4.78 is 4.80. The average Bonchev–Trinajstić information content (AvgIpc) is 2.38. The van der Waals surface area contributed by atoms with E-state index in [4.69, 9.17) is 17.0 Å². The van der Waals surface area contributed by atoms with Crippen LogP contribution < -0.4 is 16.2 Å². The molecular formula is C13H17N3O2S. The van der Waals surface area contributed by atoms with Crippen LogP contribution in [0.3, 0.4) is 0 Å². The third kappa shape index (κ3) is 6.42. The lowest BCUT2D eigenvalue weighted by molar-refractivity contribution is -0.142. The molecule has 3 N–H and O–H groups in total. The summed E-state index contributed by atoms with van der Waals surface area (Å²) in [5.74, 6) is -0.330. The van der Waals surface area contributed by atoms with Crippen LogP contribution in [0.4, 0.5) is 5.69 Å². The van der Waals surface area contributed by atoms with Crippen molar-refractivity contribution in [1.82, 2.24) is 10.9 Å². The van der Waals surface area contributed by atoms with Crippen LogP contribution in [0.5, 0.6) is 0 Å². The molecule has 1 aromatic rings. The molecule has 0 atom stereocenters. The maximum atomic E-state index is 11.2. The van der Waals surface area contributed by atoms with Crippen molar-refractivity contribution >= 4 is 29.0 Å². The number of para-hydroxylation sites is 1. The number of thiocarbonyl (C=S) groups is 1. The number of esters is 1. The summed E-state index contributed by atoms with van der Waals surface area (Å²) in [5.41, 5.74) is 6.84. The molecule has 1 aromatic carbocycles. The Balaban J connectivity index is 2.27. The Hall–Kier alpha value is -2.08. The number of ether oxygens (including phenoxy) is 1. The lowest BCUT2D eigenvalue weighted by atomic mass is 10.3. The minimum Gasteiger partial charge on any atom is -0.466 e. The highest BCUT2D eigenvalue weighted by Crippen LogP contribution is 2.04. The molecule has 5 nitrogen and oxygen atoms in total. The van der Waals surface area contributed by atoms with E-state index < -0.39 is 0 Å². The van der Waals surface area contributed by atoms with E-state index in [0.29, 0.717) is 17.4 Å². The van der Waals surface area contributed by atoms with E-state index in [1.165, 1.54) is 0 Å². The molecule has 0 aliphatic heterocycles. The largest absolute Gasteiger partial charge is 0.466 e. The zero-order chi connectivity index (χ0) is 14.1. The lowest BCUT2D eigenvalue weighted by Crippen LogP contribution is -2.39. The second-order valence-electron chi connectivity index (χ2n) is 3.66. The summed E-state index contributed by atoms with van der Waals surface area (Å²) in [7, 11) is 0. The second kappa shape index (κ2) is 8.10.